The van der Waals surface area contributed by atoms with Crippen molar-refractivity contribution >= 4 is 29.7 Å². The molecule has 0 saturated heterocycles. The van der Waals surface area contributed by atoms with Gasteiger partial charge in [0, 0.05) is 6.54 Å². The molecule has 3 atom stereocenters. The molecule has 0 unspecified atom stereocenters. The summed E-state index contributed by atoms with van der Waals surface area (Å²) in [6, 6.07) is -3.44. The number of rotatable bonds is 12. The van der Waals surface area contributed by atoms with Gasteiger partial charge in [0.1, 0.15) is 12.1 Å². The molecule has 0 saturated carbocycles. The van der Waals surface area contributed by atoms with Gasteiger partial charge in [-0.2, -0.15) is 0 Å². The molecule has 0 aromatic heterocycles. The number of aliphatic carboxylic acids is 1. The van der Waals surface area contributed by atoms with Crippen LogP contribution in [0.15, 0.2) is 0 Å². The number of hydrogen-bond acceptors (Lipinski definition) is 6. The van der Waals surface area contributed by atoms with Crippen molar-refractivity contribution < 1.29 is 24.3 Å². The third kappa shape index (κ3) is 9.99. The molecule has 11 N–H and O–H groups in total. The smallest absolute Gasteiger partial charge is 0.326 e. The Kier molecular flexibility index (Phi) is 10.4. The van der Waals surface area contributed by atoms with Gasteiger partial charge < -0.3 is 38.3 Å². The summed E-state index contributed by atoms with van der Waals surface area (Å²) in [4.78, 5) is 46.7. The number of nitrogens with two attached hydrogens (primary N) is 3. The van der Waals surface area contributed by atoms with Gasteiger partial charge in [-0.3, -0.25) is 19.8 Å². The van der Waals surface area contributed by atoms with E-state index in [1.165, 1.54) is 0 Å². The van der Waals surface area contributed by atoms with Gasteiger partial charge in [0.25, 0.3) is 0 Å². The molecule has 27 heavy (non-hydrogen) atoms. The van der Waals surface area contributed by atoms with Crippen LogP contribution in [-0.2, 0) is 19.2 Å². The van der Waals surface area contributed by atoms with Crippen molar-refractivity contribution in [1.82, 2.24) is 16.0 Å². The largest absolute Gasteiger partial charge is 0.480 e. The van der Waals surface area contributed by atoms with Gasteiger partial charge in [0.15, 0.2) is 5.96 Å². The fraction of sp³-hybridized carbons (Fsp3) is 0.667. The fourth-order valence-electron chi connectivity index (χ4n) is 2.15. The number of nitrogens with one attached hydrogen (secondary N) is 4. The summed E-state index contributed by atoms with van der Waals surface area (Å²) in [6.07, 6.45) is 0.0871. The zero-order valence-electron chi connectivity index (χ0n) is 15.5. The van der Waals surface area contributed by atoms with Crippen molar-refractivity contribution in [1.29, 1.82) is 5.41 Å². The van der Waals surface area contributed by atoms with E-state index in [-0.39, 0.29) is 24.8 Å². The normalized spacial score (nSPS) is 13.9. The average Bonchev–Trinajstić information content (AvgIpc) is 2.53. The predicted molar refractivity (Wildman–Crippen MR) is 97.3 cm³/mol. The molecule has 0 aromatic carbocycles. The lowest BCUT2D eigenvalue weighted by atomic mass is 10.0. The minimum atomic E-state index is -1.23. The van der Waals surface area contributed by atoms with Crippen LogP contribution in [0.5, 0.6) is 0 Å². The second-order valence-corrected chi connectivity index (χ2v) is 6.39. The van der Waals surface area contributed by atoms with Crippen LogP contribution in [0.1, 0.15) is 33.1 Å². The Hall–Kier alpha value is -2.89. The van der Waals surface area contributed by atoms with E-state index in [2.05, 4.69) is 16.0 Å². The highest BCUT2D eigenvalue weighted by molar-refractivity contribution is 5.93. The molecule has 3 amide bonds. The molecule has 0 spiro atoms. The number of primary amides is 1. The highest BCUT2D eigenvalue weighted by atomic mass is 16.4. The van der Waals surface area contributed by atoms with E-state index in [0.29, 0.717) is 6.42 Å². The molecule has 12 heteroatoms. The van der Waals surface area contributed by atoms with Gasteiger partial charge in [-0.25, -0.2) is 4.79 Å². The Morgan fingerprint density at radius 3 is 2.11 bits per heavy atom. The second kappa shape index (κ2) is 11.7. The lowest BCUT2D eigenvalue weighted by molar-refractivity contribution is -0.143. The summed E-state index contributed by atoms with van der Waals surface area (Å²) in [6.45, 7) is 3.53. The van der Waals surface area contributed by atoms with Gasteiger partial charge in [0.05, 0.1) is 12.5 Å². The number of carboxylic acids is 1. The zero-order chi connectivity index (χ0) is 21.1. The Morgan fingerprint density at radius 1 is 1.07 bits per heavy atom. The quantitative estimate of drug-likeness (QED) is 0.0985. The van der Waals surface area contributed by atoms with Crippen LogP contribution in [0.25, 0.3) is 0 Å². The molecule has 12 nitrogen and oxygen atoms in total. The van der Waals surface area contributed by atoms with E-state index < -0.39 is 48.2 Å². The maximum absolute atomic E-state index is 12.5. The molecule has 0 radical (unpaired) electrons. The number of carbonyl (C=O) groups is 4. The first-order chi connectivity index (χ1) is 12.5. The van der Waals surface area contributed by atoms with Crippen molar-refractivity contribution in [2.75, 3.05) is 6.54 Å². The molecule has 0 aliphatic rings. The SMILES string of the molecule is CC(C)[C@H](NC(=O)[C@H](CCCNC(=N)N)NC(=O)[C@@H](N)CC(N)=O)C(=O)O. The van der Waals surface area contributed by atoms with E-state index in [0.717, 1.165) is 0 Å². The summed E-state index contributed by atoms with van der Waals surface area (Å²) in [5.41, 5.74) is 15.7. The van der Waals surface area contributed by atoms with Crippen molar-refractivity contribution in [3.8, 4) is 0 Å². The van der Waals surface area contributed by atoms with E-state index in [1.807, 2.05) is 0 Å². The molecular formula is C15H29N7O5. The Morgan fingerprint density at radius 2 is 1.67 bits per heavy atom. The Labute approximate surface area is 157 Å². The molecule has 0 heterocycles. The number of carboxylic acid groups (broad SMARTS) is 1. The third-order valence-corrected chi connectivity index (χ3v) is 3.61. The molecule has 0 aliphatic carbocycles. The van der Waals surface area contributed by atoms with Crippen LogP contribution < -0.4 is 33.2 Å². The Balaban J connectivity index is 5.06. The standard InChI is InChI=1S/C15H29N7O5/c1-7(2)11(14(26)27)22-13(25)9(4-3-5-20-15(18)19)21-12(24)8(16)6-10(17)23/h7-9,11H,3-6,16H2,1-2H3,(H2,17,23)(H,21,24)(H,22,25)(H,26,27)(H4,18,19,20)/t8-,9-,11-/m0/s1. The Bertz CT molecular complexity index is 567. The average molecular weight is 387 g/mol. The van der Waals surface area contributed by atoms with Crippen molar-refractivity contribution in [3.05, 3.63) is 0 Å². The highest BCUT2D eigenvalue weighted by Crippen LogP contribution is 2.05. The fourth-order valence-corrected chi connectivity index (χ4v) is 2.15. The lowest BCUT2D eigenvalue weighted by Gasteiger charge is -2.24. The van der Waals surface area contributed by atoms with Crippen LogP contribution in [-0.4, -0.2) is 59.4 Å². The first kappa shape index (κ1) is 24.1. The van der Waals surface area contributed by atoms with Gasteiger partial charge >= 0.3 is 5.97 Å². The molecule has 0 bridgehead atoms. The maximum Gasteiger partial charge on any atom is 0.326 e. The third-order valence-electron chi connectivity index (χ3n) is 3.61. The molecule has 154 valence electrons. The maximum atomic E-state index is 12.5. The van der Waals surface area contributed by atoms with E-state index in [9.17, 15) is 24.3 Å². The lowest BCUT2D eigenvalue weighted by Crippen LogP contribution is -2.55. The monoisotopic (exact) mass is 387 g/mol. The van der Waals surface area contributed by atoms with Gasteiger partial charge in [0.2, 0.25) is 17.7 Å². The van der Waals surface area contributed by atoms with Crippen LogP contribution in [0.4, 0.5) is 0 Å². The van der Waals surface area contributed by atoms with E-state index >= 15 is 0 Å². The number of guanidine groups is 1. The van der Waals surface area contributed by atoms with Crippen molar-refractivity contribution in [2.45, 2.75) is 51.2 Å². The molecule has 0 rings (SSSR count). The first-order valence-electron chi connectivity index (χ1n) is 8.41. The summed E-state index contributed by atoms with van der Waals surface area (Å²) >= 11 is 0. The number of carbonyl (C=O) groups excluding carboxylic acids is 3. The highest BCUT2D eigenvalue weighted by Gasteiger charge is 2.29. The molecule has 0 fully saturated rings. The van der Waals surface area contributed by atoms with Crippen molar-refractivity contribution in [2.24, 2.45) is 23.1 Å². The van der Waals surface area contributed by atoms with E-state index in [4.69, 9.17) is 22.6 Å². The summed E-state index contributed by atoms with van der Waals surface area (Å²) in [7, 11) is 0. The first-order valence-corrected chi connectivity index (χ1v) is 8.41. The minimum Gasteiger partial charge on any atom is -0.480 e. The van der Waals surface area contributed by atoms with Crippen LogP contribution in [0.3, 0.4) is 0 Å². The van der Waals surface area contributed by atoms with E-state index in [1.54, 1.807) is 13.8 Å². The van der Waals surface area contributed by atoms with Gasteiger partial charge in [-0.15, -0.1) is 0 Å². The van der Waals surface area contributed by atoms with Crippen LogP contribution in [0, 0.1) is 11.3 Å². The van der Waals surface area contributed by atoms with Gasteiger partial charge in [-0.1, -0.05) is 13.8 Å². The van der Waals surface area contributed by atoms with Gasteiger partial charge in [-0.05, 0) is 18.8 Å². The zero-order valence-corrected chi connectivity index (χ0v) is 15.5. The summed E-state index contributed by atoms with van der Waals surface area (Å²) in [5.74, 6) is -4.04. The van der Waals surface area contributed by atoms with Crippen LogP contribution >= 0.6 is 0 Å². The number of hydrogen-bond donors (Lipinski definition) is 8. The predicted octanol–water partition coefficient (Wildman–Crippen LogP) is -2.84. The van der Waals surface area contributed by atoms with Crippen LogP contribution in [0.2, 0.25) is 0 Å². The minimum absolute atomic E-state index is 0.131. The molecule has 0 aromatic rings. The van der Waals surface area contributed by atoms with Crippen molar-refractivity contribution in [3.63, 3.8) is 0 Å². The summed E-state index contributed by atoms with van der Waals surface area (Å²) in [5, 5.41) is 23.6. The molecule has 0 aliphatic heterocycles. The summed E-state index contributed by atoms with van der Waals surface area (Å²) < 4.78 is 0. The molecular weight excluding hydrogens is 358 g/mol. The topological polar surface area (TPSA) is 227 Å². The second-order valence-electron chi connectivity index (χ2n) is 6.39. The number of amides is 3.